The fourth-order valence-electron chi connectivity index (χ4n) is 3.69. The molecular weight excluding hydrogens is 392 g/mol. The van der Waals surface area contributed by atoms with Gasteiger partial charge in [-0.2, -0.15) is 0 Å². The molecule has 9 nitrogen and oxygen atoms in total. The second-order valence-corrected chi connectivity index (χ2v) is 7.58. The van der Waals surface area contributed by atoms with Crippen LogP contribution in [0.3, 0.4) is 0 Å². The van der Waals surface area contributed by atoms with Crippen LogP contribution < -0.4 is 10.2 Å². The van der Waals surface area contributed by atoms with Crippen molar-refractivity contribution in [2.45, 2.75) is 6.42 Å². The van der Waals surface area contributed by atoms with Crippen molar-refractivity contribution >= 4 is 22.5 Å². The molecule has 1 N–H and O–H groups in total. The van der Waals surface area contributed by atoms with Gasteiger partial charge in [-0.15, -0.1) is 5.10 Å². The van der Waals surface area contributed by atoms with Gasteiger partial charge in [-0.25, -0.2) is 15.0 Å². The molecular formula is C22H22N8O. The van der Waals surface area contributed by atoms with Crippen molar-refractivity contribution in [3.63, 3.8) is 0 Å². The molecule has 1 aliphatic heterocycles. The monoisotopic (exact) mass is 414 g/mol. The van der Waals surface area contributed by atoms with Gasteiger partial charge in [0.2, 0.25) is 0 Å². The fraction of sp³-hybridized carbons (Fsp3) is 0.273. The van der Waals surface area contributed by atoms with E-state index in [4.69, 9.17) is 0 Å². The predicted molar refractivity (Wildman–Crippen MR) is 117 cm³/mol. The second kappa shape index (κ2) is 8.19. The van der Waals surface area contributed by atoms with E-state index in [0.717, 1.165) is 54.2 Å². The molecule has 31 heavy (non-hydrogen) atoms. The molecule has 0 unspecified atom stereocenters. The van der Waals surface area contributed by atoms with E-state index in [9.17, 15) is 4.79 Å². The number of anilines is 1. The quantitative estimate of drug-likeness (QED) is 0.492. The van der Waals surface area contributed by atoms with Crippen molar-refractivity contribution in [3.8, 4) is 11.3 Å². The molecule has 0 aliphatic carbocycles. The molecule has 0 amide bonds. The largest absolute Gasteiger partial charge is 0.354 e. The van der Waals surface area contributed by atoms with Gasteiger partial charge in [0.25, 0.3) is 0 Å². The van der Waals surface area contributed by atoms with E-state index in [1.54, 1.807) is 23.1 Å². The number of rotatable bonds is 5. The molecule has 0 atom stereocenters. The fourth-order valence-corrected chi connectivity index (χ4v) is 3.69. The van der Waals surface area contributed by atoms with Crippen LogP contribution in [0.4, 0.5) is 5.82 Å². The summed E-state index contributed by atoms with van der Waals surface area (Å²) < 4.78 is 1.66. The first-order valence-corrected chi connectivity index (χ1v) is 10.2. The van der Waals surface area contributed by atoms with Crippen molar-refractivity contribution in [2.75, 3.05) is 31.1 Å². The lowest BCUT2D eigenvalue weighted by Crippen LogP contribution is -2.43. The number of ketones is 1. The van der Waals surface area contributed by atoms with Gasteiger partial charge in [0.05, 0.1) is 18.1 Å². The van der Waals surface area contributed by atoms with Gasteiger partial charge in [0, 0.05) is 62.1 Å². The highest BCUT2D eigenvalue weighted by Crippen LogP contribution is 2.22. The minimum Gasteiger partial charge on any atom is -0.354 e. The smallest absolute Gasteiger partial charge is 0.170 e. The van der Waals surface area contributed by atoms with E-state index >= 15 is 0 Å². The van der Waals surface area contributed by atoms with E-state index in [1.165, 1.54) is 0 Å². The lowest BCUT2D eigenvalue weighted by Gasteiger charge is -2.28. The van der Waals surface area contributed by atoms with Crippen LogP contribution in [0.25, 0.3) is 22.2 Å². The summed E-state index contributed by atoms with van der Waals surface area (Å²) in [5.41, 5.74) is 3.10. The number of pyridine rings is 1. The Bertz CT molecular complexity index is 1250. The zero-order valence-electron chi connectivity index (χ0n) is 17.2. The molecule has 4 aromatic rings. The zero-order chi connectivity index (χ0) is 21.2. The molecule has 9 heteroatoms. The SMILES string of the molecule is Cn1cc(-c2ccc3cnc(CC(=O)c4ccnc(N5CCNCC5)c4)nc3c2)nn1. The first kappa shape index (κ1) is 19.3. The number of carbonyl (C=O) groups excluding carboxylic acids is 1. The number of piperazine rings is 1. The summed E-state index contributed by atoms with van der Waals surface area (Å²) in [6.07, 6.45) is 5.44. The highest BCUT2D eigenvalue weighted by atomic mass is 16.1. The van der Waals surface area contributed by atoms with Crippen molar-refractivity contribution in [2.24, 2.45) is 7.05 Å². The van der Waals surface area contributed by atoms with Crippen LogP contribution in [0.5, 0.6) is 0 Å². The maximum absolute atomic E-state index is 12.9. The van der Waals surface area contributed by atoms with Gasteiger partial charge in [-0.1, -0.05) is 17.3 Å². The van der Waals surface area contributed by atoms with E-state index in [1.807, 2.05) is 37.5 Å². The number of aryl methyl sites for hydroxylation is 1. The van der Waals surface area contributed by atoms with Gasteiger partial charge in [0.1, 0.15) is 17.3 Å². The Labute approximate surface area is 179 Å². The molecule has 1 saturated heterocycles. The van der Waals surface area contributed by atoms with Gasteiger partial charge < -0.3 is 10.2 Å². The minimum absolute atomic E-state index is 0.0248. The molecule has 5 rings (SSSR count). The number of aromatic nitrogens is 6. The second-order valence-electron chi connectivity index (χ2n) is 7.58. The third kappa shape index (κ3) is 4.13. The Balaban J connectivity index is 1.37. The maximum atomic E-state index is 12.9. The average Bonchev–Trinajstić information content (AvgIpc) is 3.25. The standard InChI is InChI=1S/C22H22N8O/c1-29-14-19(27-28-29)15-2-3-17-13-25-21(26-18(17)10-15)12-20(31)16-4-5-24-22(11-16)30-8-6-23-7-9-30/h2-5,10-11,13-14,23H,6-9,12H2,1H3. The van der Waals surface area contributed by atoms with Crippen LogP contribution in [-0.2, 0) is 13.5 Å². The zero-order valence-corrected chi connectivity index (χ0v) is 17.2. The highest BCUT2D eigenvalue weighted by molar-refractivity contribution is 5.98. The summed E-state index contributed by atoms with van der Waals surface area (Å²) in [5, 5.41) is 12.4. The average molecular weight is 414 g/mol. The molecule has 1 aromatic carbocycles. The number of hydrogen-bond donors (Lipinski definition) is 1. The number of hydrogen-bond acceptors (Lipinski definition) is 8. The molecule has 4 heterocycles. The lowest BCUT2D eigenvalue weighted by atomic mass is 10.1. The van der Waals surface area contributed by atoms with Crippen molar-refractivity contribution in [1.82, 2.24) is 35.3 Å². The Hall–Kier alpha value is -3.72. The Morgan fingerprint density at radius 2 is 2.00 bits per heavy atom. The maximum Gasteiger partial charge on any atom is 0.170 e. The predicted octanol–water partition coefficient (Wildman–Crippen LogP) is 1.66. The molecule has 0 saturated carbocycles. The summed E-state index contributed by atoms with van der Waals surface area (Å²) in [6.45, 7) is 3.60. The molecule has 1 fully saturated rings. The topological polar surface area (TPSA) is 102 Å². The lowest BCUT2D eigenvalue weighted by molar-refractivity contribution is 0.0991. The van der Waals surface area contributed by atoms with E-state index in [-0.39, 0.29) is 12.2 Å². The van der Waals surface area contributed by atoms with Crippen LogP contribution in [-0.4, -0.2) is 61.9 Å². The number of nitrogens with one attached hydrogen (secondary N) is 1. The van der Waals surface area contributed by atoms with Crippen LogP contribution >= 0.6 is 0 Å². The van der Waals surface area contributed by atoms with Crippen LogP contribution in [0.2, 0.25) is 0 Å². The number of benzene rings is 1. The summed E-state index contributed by atoms with van der Waals surface area (Å²) in [4.78, 5) is 28.6. The van der Waals surface area contributed by atoms with Gasteiger partial charge >= 0.3 is 0 Å². The van der Waals surface area contributed by atoms with Crippen molar-refractivity contribution in [1.29, 1.82) is 0 Å². The van der Waals surface area contributed by atoms with Gasteiger partial charge in [-0.05, 0) is 18.2 Å². The molecule has 3 aromatic heterocycles. The van der Waals surface area contributed by atoms with E-state index < -0.39 is 0 Å². The number of carbonyl (C=O) groups is 1. The first-order valence-electron chi connectivity index (χ1n) is 10.2. The first-order chi connectivity index (χ1) is 15.2. The molecule has 0 bridgehead atoms. The third-order valence-electron chi connectivity index (χ3n) is 5.36. The summed E-state index contributed by atoms with van der Waals surface area (Å²) in [6, 6.07) is 9.48. The minimum atomic E-state index is -0.0248. The van der Waals surface area contributed by atoms with Crippen molar-refractivity contribution in [3.05, 3.63) is 60.3 Å². The summed E-state index contributed by atoms with van der Waals surface area (Å²) >= 11 is 0. The molecule has 0 radical (unpaired) electrons. The van der Waals surface area contributed by atoms with Gasteiger partial charge in [-0.3, -0.25) is 9.48 Å². The Morgan fingerprint density at radius 1 is 1.13 bits per heavy atom. The summed E-state index contributed by atoms with van der Waals surface area (Å²) in [5.74, 6) is 1.30. The van der Waals surface area contributed by atoms with E-state index in [2.05, 4.69) is 35.5 Å². The van der Waals surface area contributed by atoms with Crippen LogP contribution in [0.1, 0.15) is 16.2 Å². The van der Waals surface area contributed by atoms with E-state index in [0.29, 0.717) is 11.4 Å². The molecule has 156 valence electrons. The number of Topliss-reactive ketones (excluding diaryl/α,β-unsaturated/α-hetero) is 1. The number of nitrogens with zero attached hydrogens (tertiary/aromatic N) is 7. The normalized spacial score (nSPS) is 14.2. The Kier molecular flexibility index (Phi) is 5.09. The highest BCUT2D eigenvalue weighted by Gasteiger charge is 2.15. The summed E-state index contributed by atoms with van der Waals surface area (Å²) in [7, 11) is 1.83. The molecule has 0 spiro atoms. The number of fused-ring (bicyclic) bond motifs is 1. The third-order valence-corrected chi connectivity index (χ3v) is 5.36. The van der Waals surface area contributed by atoms with Crippen LogP contribution in [0.15, 0.2) is 48.9 Å². The Morgan fingerprint density at radius 3 is 2.81 bits per heavy atom. The van der Waals surface area contributed by atoms with Gasteiger partial charge in [0.15, 0.2) is 5.78 Å². The van der Waals surface area contributed by atoms with Crippen molar-refractivity contribution < 1.29 is 4.79 Å². The molecule has 1 aliphatic rings. The van der Waals surface area contributed by atoms with Crippen LogP contribution in [0, 0.1) is 0 Å².